The van der Waals surface area contributed by atoms with E-state index in [0.717, 1.165) is 6.92 Å². The minimum atomic E-state index is -5.28. The van der Waals surface area contributed by atoms with E-state index in [-0.39, 0.29) is 12.2 Å². The average molecular weight is 938 g/mol. The van der Waals surface area contributed by atoms with Crippen LogP contribution in [0.3, 0.4) is 0 Å². The predicted molar refractivity (Wildman–Crippen MR) is 232 cm³/mol. The molecular formula is C47H66F3NO13Si. The topological polar surface area (TPSA) is 174 Å². The number of benzene rings is 1. The standard InChI is InChI=1S/C47H66F3NO13Si/c1-15-31-60-33-32-26(4)29(59-39(54)44(12,64-65(13,14)41(6,7)8)38(47(48,49)50)51-40(55)58-25(2)3)23-46(56,42(32,9)10)36(62-37(53)28-19-17-16-18-20-28)34-43(11,35(33)61-31)22-21-30-45(34,24-57-30)63-27(5)52/h15-20,25,29-31,33-36,38,56H,1,21-24H2,2-14H3,(H,51,55)/t29-,30+,31+,33+,34-,35+,36-,38+,43+,44+,45-,46+/m0/s1. The van der Waals surface area contributed by atoms with Crippen LogP contribution < -0.4 is 5.32 Å². The maximum absolute atomic E-state index is 15.4. The maximum atomic E-state index is 15.4. The summed E-state index contributed by atoms with van der Waals surface area (Å²) in [6.45, 7) is 24.6. The van der Waals surface area contributed by atoms with Crippen molar-refractivity contribution in [3.63, 3.8) is 0 Å². The van der Waals surface area contributed by atoms with Crippen molar-refractivity contribution in [3.8, 4) is 0 Å². The lowest BCUT2D eigenvalue weighted by Crippen LogP contribution is -2.79. The molecule has 4 fully saturated rings. The number of halogens is 3. The lowest BCUT2D eigenvalue weighted by molar-refractivity contribution is -0.345. The highest BCUT2D eigenvalue weighted by Crippen LogP contribution is 2.67. The van der Waals surface area contributed by atoms with Crippen LogP contribution in [-0.4, -0.2) is 116 Å². The van der Waals surface area contributed by atoms with Gasteiger partial charge < -0.3 is 48.0 Å². The van der Waals surface area contributed by atoms with Crippen LogP contribution >= 0.6 is 0 Å². The van der Waals surface area contributed by atoms with Crippen LogP contribution in [0.2, 0.25) is 18.1 Å². The molecule has 0 unspecified atom stereocenters. The van der Waals surface area contributed by atoms with E-state index in [0.29, 0.717) is 24.0 Å². The largest absolute Gasteiger partial charge is 0.456 e. The molecule has 3 aliphatic carbocycles. The molecule has 6 rings (SSSR count). The molecule has 1 amide bonds. The molecule has 2 heterocycles. The minimum Gasteiger partial charge on any atom is -0.456 e. The Morgan fingerprint density at radius 3 is 2.17 bits per heavy atom. The minimum absolute atomic E-state index is 0.120. The van der Waals surface area contributed by atoms with Crippen molar-refractivity contribution >= 4 is 32.3 Å². The third kappa shape index (κ3) is 8.57. The quantitative estimate of drug-likeness (QED) is 0.0951. The van der Waals surface area contributed by atoms with Gasteiger partial charge in [-0.2, -0.15) is 13.2 Å². The fourth-order valence-corrected chi connectivity index (χ4v) is 12.4. The molecule has 1 aromatic carbocycles. The van der Waals surface area contributed by atoms with E-state index in [4.69, 9.17) is 37.6 Å². The monoisotopic (exact) mass is 937 g/mol. The Bertz CT molecular complexity index is 2070. The summed E-state index contributed by atoms with van der Waals surface area (Å²) in [5, 5.41) is 15.0. The van der Waals surface area contributed by atoms with Gasteiger partial charge >= 0.3 is 30.2 Å². The van der Waals surface area contributed by atoms with E-state index in [1.54, 1.807) is 85.0 Å². The first-order valence-corrected chi connectivity index (χ1v) is 25.1. The van der Waals surface area contributed by atoms with Gasteiger partial charge in [0.1, 0.15) is 30.0 Å². The maximum Gasteiger partial charge on any atom is 0.412 e. The second-order valence-corrected chi connectivity index (χ2v) is 25.8. The van der Waals surface area contributed by atoms with Crippen molar-refractivity contribution in [2.24, 2.45) is 16.7 Å². The van der Waals surface area contributed by atoms with Gasteiger partial charge in [-0.05, 0) is 88.0 Å². The number of carbonyl (C=O) groups excluding carboxylic acids is 4. The summed E-state index contributed by atoms with van der Waals surface area (Å²) in [6.07, 6.45) is -12.5. The number of alkyl carbamates (subject to hydrolysis) is 1. The first-order valence-electron chi connectivity index (χ1n) is 22.2. The number of carbonyl (C=O) groups is 4. The van der Waals surface area contributed by atoms with Gasteiger partial charge in [0.2, 0.25) is 0 Å². The third-order valence-electron chi connectivity index (χ3n) is 15.1. The van der Waals surface area contributed by atoms with E-state index >= 15 is 18.0 Å². The average Bonchev–Trinajstić information content (AvgIpc) is 3.60. The van der Waals surface area contributed by atoms with Gasteiger partial charge in [-0.1, -0.05) is 66.3 Å². The van der Waals surface area contributed by atoms with Gasteiger partial charge in [-0.3, -0.25) is 4.79 Å². The van der Waals surface area contributed by atoms with Crippen LogP contribution in [-0.2, 0) is 47.2 Å². The molecule has 1 aromatic rings. The molecule has 2 aliphatic heterocycles. The molecule has 2 saturated heterocycles. The molecule has 0 radical (unpaired) electrons. The van der Waals surface area contributed by atoms with Crippen LogP contribution in [0.4, 0.5) is 18.0 Å². The number of hydrogen-bond donors (Lipinski definition) is 2. The molecule has 2 bridgehead atoms. The van der Waals surface area contributed by atoms with Gasteiger partial charge in [0.25, 0.3) is 0 Å². The number of hydrogen-bond acceptors (Lipinski definition) is 13. The van der Waals surface area contributed by atoms with E-state index < -0.39 is 132 Å². The Hall–Kier alpha value is -3.81. The van der Waals surface area contributed by atoms with Crippen molar-refractivity contribution < 1.29 is 75.0 Å². The summed E-state index contributed by atoms with van der Waals surface area (Å²) in [6, 6.07) is 5.12. The highest BCUT2D eigenvalue weighted by Gasteiger charge is 2.77. The van der Waals surface area contributed by atoms with Crippen LogP contribution in [0.15, 0.2) is 54.1 Å². The van der Waals surface area contributed by atoms with Crippen LogP contribution in [0.25, 0.3) is 0 Å². The Morgan fingerprint density at radius 2 is 1.65 bits per heavy atom. The lowest BCUT2D eigenvalue weighted by Gasteiger charge is -2.68. The van der Waals surface area contributed by atoms with E-state index in [2.05, 4.69) is 6.58 Å². The number of fused-ring (bicyclic) bond motifs is 8. The fraction of sp³-hybridized carbons (Fsp3) is 0.702. The van der Waals surface area contributed by atoms with Crippen molar-refractivity contribution in [1.29, 1.82) is 0 Å². The summed E-state index contributed by atoms with van der Waals surface area (Å²) in [4.78, 5) is 55.7. The SMILES string of the molecule is C=C[C@@H]1O[C@@H]2C3=C(C)[C@@H](OC(=O)[C@](C)(O[Si](C)(C)C(C)(C)C)[C@@H](NC(=O)OC(C)C)C(F)(F)F)C[C@@](O)([C@@H](OC(=O)c4ccccc4)[C@H]4[C@@](C)(CC[C@H]5OC[C@]54OC(C)=O)[C@@H]2O1)C3(C)C. The zero-order chi connectivity index (χ0) is 48.7. The van der Waals surface area contributed by atoms with Crippen molar-refractivity contribution in [1.82, 2.24) is 5.32 Å². The number of aliphatic hydroxyl groups is 1. The Kier molecular flexibility index (Phi) is 13.3. The molecule has 0 spiro atoms. The van der Waals surface area contributed by atoms with E-state index in [1.165, 1.54) is 26.8 Å². The van der Waals surface area contributed by atoms with Gasteiger partial charge in [-0.25, -0.2) is 14.4 Å². The van der Waals surface area contributed by atoms with Gasteiger partial charge in [0.15, 0.2) is 31.9 Å². The number of rotatable bonds is 11. The van der Waals surface area contributed by atoms with Crippen molar-refractivity contribution in [2.75, 3.05) is 6.61 Å². The second-order valence-electron chi connectivity index (χ2n) is 21.1. The van der Waals surface area contributed by atoms with Crippen molar-refractivity contribution in [2.45, 2.75) is 185 Å². The summed E-state index contributed by atoms with van der Waals surface area (Å²) >= 11 is 0. The molecule has 5 aliphatic rings. The third-order valence-corrected chi connectivity index (χ3v) is 19.7. The van der Waals surface area contributed by atoms with Crippen LogP contribution in [0.5, 0.6) is 0 Å². The first-order chi connectivity index (χ1) is 29.8. The molecule has 65 heavy (non-hydrogen) atoms. The Morgan fingerprint density at radius 1 is 1.02 bits per heavy atom. The van der Waals surface area contributed by atoms with Crippen LogP contribution in [0.1, 0.15) is 106 Å². The number of alkyl halides is 3. The smallest absolute Gasteiger partial charge is 0.412 e. The lowest BCUT2D eigenvalue weighted by atomic mass is 9.45. The molecule has 2 N–H and O–H groups in total. The highest BCUT2D eigenvalue weighted by atomic mass is 28.4. The zero-order valence-electron chi connectivity index (χ0n) is 39.7. The zero-order valence-corrected chi connectivity index (χ0v) is 40.7. The molecular weight excluding hydrogens is 872 g/mol. The number of nitrogens with one attached hydrogen (secondary N) is 1. The van der Waals surface area contributed by atoms with Crippen molar-refractivity contribution in [3.05, 3.63) is 59.7 Å². The molecule has 14 nitrogen and oxygen atoms in total. The van der Waals surface area contributed by atoms with Gasteiger partial charge in [0.05, 0.1) is 30.3 Å². The number of esters is 3. The predicted octanol–water partition coefficient (Wildman–Crippen LogP) is 7.87. The normalized spacial score (nSPS) is 34.5. The van der Waals surface area contributed by atoms with Crippen LogP contribution in [0, 0.1) is 16.7 Å². The summed E-state index contributed by atoms with van der Waals surface area (Å²) in [7, 11) is -3.35. The Labute approximate surface area is 380 Å². The summed E-state index contributed by atoms with van der Waals surface area (Å²) < 4.78 is 96.4. The fourth-order valence-electron chi connectivity index (χ4n) is 10.8. The Balaban J connectivity index is 1.59. The summed E-state index contributed by atoms with van der Waals surface area (Å²) in [5.41, 5.74) is -8.32. The molecule has 18 heteroatoms. The molecule has 2 saturated carbocycles. The highest BCUT2D eigenvalue weighted by molar-refractivity contribution is 6.74. The molecule has 0 aromatic heterocycles. The van der Waals surface area contributed by atoms with Gasteiger partial charge in [0, 0.05) is 24.2 Å². The second kappa shape index (κ2) is 17.1. The molecule has 12 atom stereocenters. The first kappa shape index (κ1) is 50.6. The summed E-state index contributed by atoms with van der Waals surface area (Å²) in [5.74, 6) is -4.04. The number of amides is 1. The van der Waals surface area contributed by atoms with Gasteiger partial charge in [-0.15, -0.1) is 0 Å². The van der Waals surface area contributed by atoms with E-state index in [9.17, 15) is 19.5 Å². The molecule has 362 valence electrons. The van der Waals surface area contributed by atoms with E-state index in [1.807, 2.05) is 12.2 Å². The number of ether oxygens (including phenoxy) is 7.